The van der Waals surface area contributed by atoms with Gasteiger partial charge in [0.25, 0.3) is 5.91 Å². The van der Waals surface area contributed by atoms with Gasteiger partial charge in [0.2, 0.25) is 0 Å². The molecule has 0 saturated heterocycles. The van der Waals surface area contributed by atoms with E-state index < -0.39 is 0 Å². The van der Waals surface area contributed by atoms with Crippen molar-refractivity contribution in [1.82, 2.24) is 15.4 Å². The summed E-state index contributed by atoms with van der Waals surface area (Å²) in [6.45, 7) is 0. The molecule has 4 N–H and O–H groups in total. The summed E-state index contributed by atoms with van der Waals surface area (Å²) in [5, 5.41) is 12.3. The molecule has 0 atom stereocenters. The molecule has 1 aromatic heterocycles. The number of benzene rings is 1. The van der Waals surface area contributed by atoms with E-state index >= 15 is 0 Å². The summed E-state index contributed by atoms with van der Waals surface area (Å²) in [6.07, 6.45) is 1.35. The summed E-state index contributed by atoms with van der Waals surface area (Å²) < 4.78 is 0.727. The van der Waals surface area contributed by atoms with Crippen LogP contribution in [0.1, 0.15) is 10.5 Å². The number of nitrogens with two attached hydrogens (primary N) is 1. The van der Waals surface area contributed by atoms with Crippen LogP contribution in [-0.2, 0) is 0 Å². The molecule has 0 spiro atoms. The average molecular weight is 282 g/mol. The number of anilines is 2. The molecule has 7 heteroatoms. The molecular formula is C9H8BrN5O. The van der Waals surface area contributed by atoms with Crippen molar-refractivity contribution in [1.29, 1.82) is 0 Å². The Morgan fingerprint density at radius 3 is 2.94 bits per heavy atom. The van der Waals surface area contributed by atoms with Gasteiger partial charge in [-0.15, -0.1) is 0 Å². The maximum absolute atomic E-state index is 11.6. The number of nitrogens with one attached hydrogen (secondary N) is 2. The lowest BCUT2D eigenvalue weighted by atomic mass is 10.3. The Balaban J connectivity index is 2.15. The number of nitrogen functional groups attached to an aromatic ring is 1. The van der Waals surface area contributed by atoms with Crippen molar-refractivity contribution in [2.75, 3.05) is 11.1 Å². The van der Waals surface area contributed by atoms with Crippen LogP contribution in [0.15, 0.2) is 28.9 Å². The quantitative estimate of drug-likeness (QED) is 0.725. The molecule has 0 saturated carbocycles. The number of aromatic nitrogens is 3. The van der Waals surface area contributed by atoms with Crippen LogP contribution >= 0.6 is 15.9 Å². The van der Waals surface area contributed by atoms with Crippen molar-refractivity contribution in [3.8, 4) is 0 Å². The topological polar surface area (TPSA) is 96.7 Å². The summed E-state index contributed by atoms with van der Waals surface area (Å²) in [5.74, 6) is -0.328. The highest BCUT2D eigenvalue weighted by Crippen LogP contribution is 2.23. The zero-order chi connectivity index (χ0) is 11.5. The van der Waals surface area contributed by atoms with Gasteiger partial charge in [-0.1, -0.05) is 0 Å². The largest absolute Gasteiger partial charge is 0.398 e. The van der Waals surface area contributed by atoms with Gasteiger partial charge in [0, 0.05) is 15.8 Å². The van der Waals surface area contributed by atoms with E-state index in [-0.39, 0.29) is 11.6 Å². The fraction of sp³-hybridized carbons (Fsp3) is 0. The molecule has 0 radical (unpaired) electrons. The molecule has 82 valence electrons. The van der Waals surface area contributed by atoms with Crippen LogP contribution in [0, 0.1) is 0 Å². The third kappa shape index (κ3) is 2.19. The van der Waals surface area contributed by atoms with Crippen molar-refractivity contribution < 1.29 is 4.79 Å². The normalized spacial score (nSPS) is 10.1. The van der Waals surface area contributed by atoms with E-state index in [9.17, 15) is 4.79 Å². The molecule has 0 bridgehead atoms. The maximum atomic E-state index is 11.6. The zero-order valence-corrected chi connectivity index (χ0v) is 9.65. The number of halogens is 1. The van der Waals surface area contributed by atoms with Gasteiger partial charge in [-0.25, -0.2) is 0 Å². The van der Waals surface area contributed by atoms with E-state index in [4.69, 9.17) is 5.73 Å². The Morgan fingerprint density at radius 2 is 2.31 bits per heavy atom. The number of hydrogen-bond acceptors (Lipinski definition) is 4. The summed E-state index contributed by atoms with van der Waals surface area (Å²) in [6, 6.07) is 5.12. The maximum Gasteiger partial charge on any atom is 0.277 e. The fourth-order valence-corrected chi connectivity index (χ4v) is 1.49. The van der Waals surface area contributed by atoms with Gasteiger partial charge in [-0.2, -0.15) is 15.4 Å². The number of amides is 1. The summed E-state index contributed by atoms with van der Waals surface area (Å²) in [4.78, 5) is 11.6. The number of nitrogens with zero attached hydrogens (tertiary/aromatic N) is 2. The van der Waals surface area contributed by atoms with E-state index in [1.807, 2.05) is 0 Å². The van der Waals surface area contributed by atoms with Gasteiger partial charge in [0.1, 0.15) is 0 Å². The summed E-state index contributed by atoms with van der Waals surface area (Å²) in [5.41, 5.74) is 7.10. The van der Waals surface area contributed by atoms with E-state index in [1.165, 1.54) is 6.20 Å². The second kappa shape index (κ2) is 4.31. The molecule has 1 heterocycles. The number of hydrogen-bond donors (Lipinski definition) is 3. The van der Waals surface area contributed by atoms with Gasteiger partial charge in [0.05, 0.1) is 6.20 Å². The first kappa shape index (κ1) is 10.6. The average Bonchev–Trinajstić information content (AvgIpc) is 2.77. The molecule has 1 aromatic carbocycles. The minimum absolute atomic E-state index is 0.230. The lowest BCUT2D eigenvalue weighted by Gasteiger charge is -2.04. The van der Waals surface area contributed by atoms with E-state index in [2.05, 4.69) is 36.7 Å². The van der Waals surface area contributed by atoms with E-state index in [1.54, 1.807) is 18.2 Å². The van der Waals surface area contributed by atoms with Crippen molar-refractivity contribution >= 4 is 33.2 Å². The number of aromatic amines is 1. The Labute approximate surface area is 99.4 Å². The molecule has 2 aromatic rings. The monoisotopic (exact) mass is 281 g/mol. The van der Waals surface area contributed by atoms with Crippen LogP contribution in [0.25, 0.3) is 0 Å². The second-order valence-electron chi connectivity index (χ2n) is 3.05. The lowest BCUT2D eigenvalue weighted by Crippen LogP contribution is -2.12. The van der Waals surface area contributed by atoms with E-state index in [0.29, 0.717) is 11.4 Å². The highest BCUT2D eigenvalue weighted by molar-refractivity contribution is 9.10. The van der Waals surface area contributed by atoms with Crippen LogP contribution in [0.5, 0.6) is 0 Å². The third-order valence-electron chi connectivity index (χ3n) is 1.91. The van der Waals surface area contributed by atoms with Crippen LogP contribution in [0.2, 0.25) is 0 Å². The van der Waals surface area contributed by atoms with Crippen molar-refractivity contribution in [2.45, 2.75) is 0 Å². The lowest BCUT2D eigenvalue weighted by molar-refractivity contribution is 0.102. The first-order valence-corrected chi connectivity index (χ1v) is 5.18. The van der Waals surface area contributed by atoms with Crippen LogP contribution in [0.4, 0.5) is 11.4 Å². The Morgan fingerprint density at radius 1 is 1.50 bits per heavy atom. The molecular weight excluding hydrogens is 274 g/mol. The third-order valence-corrected chi connectivity index (χ3v) is 2.59. The van der Waals surface area contributed by atoms with Gasteiger partial charge in [-0.05, 0) is 34.1 Å². The van der Waals surface area contributed by atoms with Crippen molar-refractivity contribution in [2.24, 2.45) is 0 Å². The first-order chi connectivity index (χ1) is 7.66. The second-order valence-corrected chi connectivity index (χ2v) is 3.90. The molecule has 2 rings (SSSR count). The molecule has 0 unspecified atom stereocenters. The number of rotatable bonds is 2. The zero-order valence-electron chi connectivity index (χ0n) is 8.07. The molecule has 0 aliphatic heterocycles. The van der Waals surface area contributed by atoms with Gasteiger partial charge >= 0.3 is 0 Å². The molecule has 0 aliphatic rings. The van der Waals surface area contributed by atoms with Crippen LogP contribution in [-0.4, -0.2) is 21.3 Å². The summed E-state index contributed by atoms with van der Waals surface area (Å²) >= 11 is 3.27. The number of carbonyl (C=O) groups excluding carboxylic acids is 1. The molecule has 1 amide bonds. The standard InChI is InChI=1S/C9H8BrN5O/c10-6-3-5(1-2-7(6)11)13-9(16)8-4-12-15-14-8/h1-4H,11H2,(H,13,16)(H,12,14,15). The molecule has 0 fully saturated rings. The predicted octanol–water partition coefficient (Wildman–Crippen LogP) is 1.40. The Kier molecular flexibility index (Phi) is 2.86. The smallest absolute Gasteiger partial charge is 0.277 e. The Bertz CT molecular complexity index is 511. The predicted molar refractivity (Wildman–Crippen MR) is 62.9 cm³/mol. The Hall–Kier alpha value is -1.89. The van der Waals surface area contributed by atoms with Crippen molar-refractivity contribution in [3.63, 3.8) is 0 Å². The van der Waals surface area contributed by atoms with Gasteiger partial charge < -0.3 is 11.1 Å². The highest BCUT2D eigenvalue weighted by atomic mass is 79.9. The van der Waals surface area contributed by atoms with Crippen LogP contribution < -0.4 is 11.1 Å². The van der Waals surface area contributed by atoms with Crippen molar-refractivity contribution in [3.05, 3.63) is 34.6 Å². The van der Waals surface area contributed by atoms with E-state index in [0.717, 1.165) is 4.47 Å². The van der Waals surface area contributed by atoms with Gasteiger partial charge in [-0.3, -0.25) is 4.79 Å². The molecule has 6 nitrogen and oxygen atoms in total. The molecule has 16 heavy (non-hydrogen) atoms. The minimum atomic E-state index is -0.328. The number of carbonyl (C=O) groups is 1. The molecule has 0 aliphatic carbocycles. The summed E-state index contributed by atoms with van der Waals surface area (Å²) in [7, 11) is 0. The number of H-pyrrole nitrogens is 1. The SMILES string of the molecule is Nc1ccc(NC(=O)c2cn[nH]n2)cc1Br. The fourth-order valence-electron chi connectivity index (χ4n) is 1.11. The van der Waals surface area contributed by atoms with Gasteiger partial charge in [0.15, 0.2) is 5.69 Å². The first-order valence-electron chi connectivity index (χ1n) is 4.39. The van der Waals surface area contributed by atoms with Crippen LogP contribution in [0.3, 0.4) is 0 Å². The minimum Gasteiger partial charge on any atom is -0.398 e. The highest BCUT2D eigenvalue weighted by Gasteiger charge is 2.09.